The van der Waals surface area contributed by atoms with Crippen molar-refractivity contribution in [1.29, 1.82) is 0 Å². The molecule has 1 fully saturated rings. The summed E-state index contributed by atoms with van der Waals surface area (Å²) < 4.78 is 30.4. The van der Waals surface area contributed by atoms with Crippen LogP contribution in [0.1, 0.15) is 48.8 Å². The van der Waals surface area contributed by atoms with Gasteiger partial charge in [0, 0.05) is 23.5 Å². The number of nitrogens with zero attached hydrogens (tertiary/aromatic N) is 2. The fourth-order valence-electron chi connectivity index (χ4n) is 5.89. The van der Waals surface area contributed by atoms with Crippen molar-refractivity contribution in [1.82, 2.24) is 10.2 Å². The molecule has 0 aromatic heterocycles. The van der Waals surface area contributed by atoms with Gasteiger partial charge in [-0.25, -0.2) is 8.42 Å². The highest BCUT2D eigenvalue weighted by Crippen LogP contribution is 2.31. The van der Waals surface area contributed by atoms with E-state index in [0.29, 0.717) is 0 Å². The monoisotopic (exact) mass is 769 g/mol. The first-order chi connectivity index (χ1) is 23.0. The molecule has 0 heterocycles. The molecule has 1 aliphatic carbocycles. The van der Waals surface area contributed by atoms with Crippen LogP contribution in [0.4, 0.5) is 5.69 Å². The van der Waals surface area contributed by atoms with E-state index in [1.807, 2.05) is 61.5 Å². The van der Waals surface area contributed by atoms with E-state index in [-0.39, 0.29) is 45.5 Å². The molecule has 0 spiro atoms. The molecular formula is C37H38BrCl2N3O4S. The predicted octanol–water partition coefficient (Wildman–Crippen LogP) is 8.35. The summed E-state index contributed by atoms with van der Waals surface area (Å²) in [6.07, 6.45) is 5.21. The number of benzene rings is 4. The molecule has 252 valence electrons. The van der Waals surface area contributed by atoms with Crippen LogP contribution in [0.15, 0.2) is 106 Å². The quantitative estimate of drug-likeness (QED) is 0.157. The third-order valence-electron chi connectivity index (χ3n) is 8.57. The number of nitrogens with one attached hydrogen (secondary N) is 1. The zero-order valence-electron chi connectivity index (χ0n) is 26.6. The van der Waals surface area contributed by atoms with Crippen LogP contribution in [-0.2, 0) is 32.6 Å². The molecule has 0 radical (unpaired) electrons. The number of carbonyl (C=O) groups excluding carboxylic acids is 2. The van der Waals surface area contributed by atoms with Crippen LogP contribution in [0.2, 0.25) is 10.0 Å². The van der Waals surface area contributed by atoms with Crippen LogP contribution < -0.4 is 9.62 Å². The summed E-state index contributed by atoms with van der Waals surface area (Å²) in [4.78, 5) is 30.4. The van der Waals surface area contributed by atoms with E-state index in [1.165, 1.54) is 35.2 Å². The maximum Gasteiger partial charge on any atom is 0.264 e. The summed E-state index contributed by atoms with van der Waals surface area (Å²) in [6.45, 7) is 1.37. The Labute approximate surface area is 301 Å². The Balaban J connectivity index is 1.57. The molecule has 1 atom stereocenters. The molecule has 7 nitrogen and oxygen atoms in total. The van der Waals surface area contributed by atoms with Gasteiger partial charge >= 0.3 is 0 Å². The lowest BCUT2D eigenvalue weighted by atomic mass is 9.94. The van der Waals surface area contributed by atoms with E-state index >= 15 is 0 Å². The summed E-state index contributed by atoms with van der Waals surface area (Å²) in [5.74, 6) is -0.807. The first kappa shape index (κ1) is 35.9. The first-order valence-electron chi connectivity index (χ1n) is 15.9. The Morgan fingerprint density at radius 3 is 2.17 bits per heavy atom. The second-order valence-electron chi connectivity index (χ2n) is 12.1. The zero-order chi connectivity index (χ0) is 34.3. The summed E-state index contributed by atoms with van der Waals surface area (Å²) in [7, 11) is -4.26. The van der Waals surface area contributed by atoms with Crippen molar-refractivity contribution >= 4 is 66.7 Å². The third-order valence-corrected chi connectivity index (χ3v) is 11.6. The first-order valence-corrected chi connectivity index (χ1v) is 18.9. The van der Waals surface area contributed by atoms with Crippen LogP contribution in [0, 0.1) is 6.92 Å². The Bertz CT molecular complexity index is 1820. The summed E-state index contributed by atoms with van der Waals surface area (Å²) in [6, 6.07) is 27.0. The van der Waals surface area contributed by atoms with E-state index < -0.39 is 28.5 Å². The largest absolute Gasteiger partial charge is 0.352 e. The SMILES string of the molecule is Cc1ccc(S(=O)(=O)N(CC(=O)N(Cc2ccc(Br)cc2)[C@@H](Cc2ccccc2)C(=O)NC2CCCCC2)c2ccc(Cl)c(Cl)c2)cc1. The molecule has 1 N–H and O–H groups in total. The standard InChI is InChI=1S/C37H38BrCl2N3O4S/c1-26-12-19-32(20-13-26)48(46,47)43(31-18-21-33(39)34(40)23-31)25-36(44)42(24-28-14-16-29(38)17-15-28)35(22-27-8-4-2-5-9-27)37(45)41-30-10-6-3-7-11-30/h2,4-5,8-9,12-21,23,30,35H,3,6-7,10-11,22,24-25H2,1H3,(H,41,45)/t35-/m0/s1. The maximum absolute atomic E-state index is 14.7. The molecule has 1 aliphatic rings. The van der Waals surface area contributed by atoms with Gasteiger partial charge in [-0.3, -0.25) is 13.9 Å². The average Bonchev–Trinajstić information content (AvgIpc) is 3.08. The van der Waals surface area contributed by atoms with E-state index in [0.717, 1.165) is 57.6 Å². The Morgan fingerprint density at radius 2 is 1.52 bits per heavy atom. The number of sulfonamides is 1. The van der Waals surface area contributed by atoms with Gasteiger partial charge in [-0.2, -0.15) is 0 Å². The highest BCUT2D eigenvalue weighted by atomic mass is 79.9. The molecule has 0 unspecified atom stereocenters. The van der Waals surface area contributed by atoms with Gasteiger partial charge in [-0.15, -0.1) is 0 Å². The fourth-order valence-corrected chi connectivity index (χ4v) is 7.85. The van der Waals surface area contributed by atoms with Crippen molar-refractivity contribution in [3.8, 4) is 0 Å². The molecule has 5 rings (SSSR count). The van der Waals surface area contributed by atoms with Crippen LogP contribution in [0.3, 0.4) is 0 Å². The lowest BCUT2D eigenvalue weighted by molar-refractivity contribution is -0.140. The van der Waals surface area contributed by atoms with Crippen molar-refractivity contribution in [2.45, 2.75) is 69.0 Å². The number of anilines is 1. The van der Waals surface area contributed by atoms with Gasteiger partial charge in [-0.1, -0.05) is 119 Å². The highest BCUT2D eigenvalue weighted by molar-refractivity contribution is 9.10. The van der Waals surface area contributed by atoms with E-state index in [1.54, 1.807) is 12.1 Å². The van der Waals surface area contributed by atoms with E-state index in [9.17, 15) is 18.0 Å². The van der Waals surface area contributed by atoms with Gasteiger partial charge in [0.05, 0.1) is 20.6 Å². The van der Waals surface area contributed by atoms with E-state index in [2.05, 4.69) is 21.2 Å². The molecule has 4 aromatic rings. The van der Waals surface area contributed by atoms with Gasteiger partial charge in [0.2, 0.25) is 11.8 Å². The number of rotatable bonds is 12. The summed E-state index contributed by atoms with van der Waals surface area (Å²) >= 11 is 16.0. The predicted molar refractivity (Wildman–Crippen MR) is 196 cm³/mol. The zero-order valence-corrected chi connectivity index (χ0v) is 30.5. The minimum Gasteiger partial charge on any atom is -0.352 e. The molecule has 0 bridgehead atoms. The van der Waals surface area contributed by atoms with Crippen molar-refractivity contribution in [3.63, 3.8) is 0 Å². The number of hydrogen-bond donors (Lipinski definition) is 1. The van der Waals surface area contributed by atoms with Crippen molar-refractivity contribution in [2.75, 3.05) is 10.8 Å². The lowest BCUT2D eigenvalue weighted by Crippen LogP contribution is -2.55. The minimum atomic E-state index is -4.26. The summed E-state index contributed by atoms with van der Waals surface area (Å²) in [5, 5.41) is 3.62. The number of carbonyl (C=O) groups is 2. The molecule has 0 aliphatic heterocycles. The minimum absolute atomic E-state index is 0.0160. The molecule has 48 heavy (non-hydrogen) atoms. The van der Waals surface area contributed by atoms with Crippen LogP contribution in [0.5, 0.6) is 0 Å². The third kappa shape index (κ3) is 9.20. The molecular weight excluding hydrogens is 733 g/mol. The molecule has 11 heteroatoms. The van der Waals surface area contributed by atoms with Crippen LogP contribution in [0.25, 0.3) is 0 Å². The summed E-state index contributed by atoms with van der Waals surface area (Å²) in [5.41, 5.74) is 2.73. The second kappa shape index (κ2) is 16.4. The molecule has 0 saturated heterocycles. The maximum atomic E-state index is 14.7. The van der Waals surface area contributed by atoms with Gasteiger partial charge in [-0.05, 0) is 73.4 Å². The van der Waals surface area contributed by atoms with Crippen LogP contribution in [-0.4, -0.2) is 43.8 Å². The van der Waals surface area contributed by atoms with Gasteiger partial charge in [0.1, 0.15) is 12.6 Å². The van der Waals surface area contributed by atoms with Gasteiger partial charge in [0.25, 0.3) is 10.0 Å². The highest BCUT2D eigenvalue weighted by Gasteiger charge is 2.35. The molecule has 4 aromatic carbocycles. The van der Waals surface area contributed by atoms with Crippen molar-refractivity contribution < 1.29 is 18.0 Å². The Hall–Kier alpha value is -3.37. The number of hydrogen-bond acceptors (Lipinski definition) is 4. The smallest absolute Gasteiger partial charge is 0.264 e. The number of amides is 2. The lowest BCUT2D eigenvalue weighted by Gasteiger charge is -2.35. The van der Waals surface area contributed by atoms with Crippen molar-refractivity contribution in [3.05, 3.63) is 128 Å². The number of aryl methyl sites for hydroxylation is 1. The molecule has 1 saturated carbocycles. The normalized spacial score (nSPS) is 14.2. The van der Waals surface area contributed by atoms with Crippen LogP contribution >= 0.6 is 39.1 Å². The van der Waals surface area contributed by atoms with Gasteiger partial charge < -0.3 is 10.2 Å². The molecule has 2 amide bonds. The van der Waals surface area contributed by atoms with Gasteiger partial charge in [0.15, 0.2) is 0 Å². The Morgan fingerprint density at radius 1 is 0.854 bits per heavy atom. The fraction of sp³-hybridized carbons (Fsp3) is 0.297. The topological polar surface area (TPSA) is 86.8 Å². The average molecular weight is 772 g/mol. The Kier molecular flexibility index (Phi) is 12.2. The number of halogens is 3. The van der Waals surface area contributed by atoms with E-state index in [4.69, 9.17) is 23.2 Å². The van der Waals surface area contributed by atoms with Crippen molar-refractivity contribution in [2.24, 2.45) is 0 Å². The second-order valence-corrected chi connectivity index (χ2v) is 15.7.